The van der Waals surface area contributed by atoms with Gasteiger partial charge in [0.1, 0.15) is 10.8 Å². The van der Waals surface area contributed by atoms with Gasteiger partial charge in [0.15, 0.2) is 0 Å². The first kappa shape index (κ1) is 16.3. The number of morpholine rings is 1. The van der Waals surface area contributed by atoms with Crippen LogP contribution in [0.25, 0.3) is 0 Å². The lowest BCUT2D eigenvalue weighted by atomic mass is 10.2. The summed E-state index contributed by atoms with van der Waals surface area (Å²) in [4.78, 5) is 2.39. The minimum absolute atomic E-state index is 0.217. The van der Waals surface area contributed by atoms with Crippen molar-refractivity contribution in [2.24, 2.45) is 0 Å². The molecule has 0 saturated carbocycles. The Morgan fingerprint density at radius 3 is 2.74 bits per heavy atom. The van der Waals surface area contributed by atoms with Crippen molar-refractivity contribution in [3.8, 4) is 0 Å². The topological polar surface area (TPSA) is 50.3 Å². The van der Waals surface area contributed by atoms with Crippen molar-refractivity contribution in [3.05, 3.63) is 40.7 Å². The van der Waals surface area contributed by atoms with E-state index in [0.29, 0.717) is 12.5 Å². The summed E-state index contributed by atoms with van der Waals surface area (Å²) in [7, 11) is 0. The van der Waals surface area contributed by atoms with Gasteiger partial charge in [-0.25, -0.2) is 4.39 Å². The fourth-order valence-electron chi connectivity index (χ4n) is 2.59. The molecule has 124 valence electrons. The predicted molar refractivity (Wildman–Crippen MR) is 89.5 cm³/mol. The van der Waals surface area contributed by atoms with Crippen LogP contribution in [0.15, 0.2) is 24.3 Å². The number of ether oxygens (including phenoxy) is 1. The van der Waals surface area contributed by atoms with E-state index >= 15 is 0 Å². The Morgan fingerprint density at radius 1 is 1.26 bits per heavy atom. The smallest absolute Gasteiger partial charge is 0.205 e. The molecule has 1 fully saturated rings. The van der Waals surface area contributed by atoms with Crippen LogP contribution in [0.5, 0.6) is 0 Å². The van der Waals surface area contributed by atoms with Crippen LogP contribution in [0, 0.1) is 5.82 Å². The molecule has 5 nitrogen and oxygen atoms in total. The van der Waals surface area contributed by atoms with E-state index in [1.807, 2.05) is 0 Å². The fraction of sp³-hybridized carbons (Fsp3) is 0.500. The Labute approximate surface area is 139 Å². The lowest BCUT2D eigenvalue weighted by molar-refractivity contribution is 0.0368. The van der Waals surface area contributed by atoms with Crippen molar-refractivity contribution in [2.45, 2.75) is 19.4 Å². The molecule has 2 aromatic rings. The maximum absolute atomic E-state index is 12.9. The molecule has 1 unspecified atom stereocenters. The monoisotopic (exact) mass is 336 g/mol. The van der Waals surface area contributed by atoms with E-state index in [1.165, 1.54) is 12.1 Å². The zero-order valence-corrected chi connectivity index (χ0v) is 14.0. The number of halogens is 1. The maximum Gasteiger partial charge on any atom is 0.205 e. The molecule has 1 aliphatic rings. The number of rotatable bonds is 6. The molecule has 23 heavy (non-hydrogen) atoms. The Kier molecular flexibility index (Phi) is 5.53. The van der Waals surface area contributed by atoms with E-state index in [4.69, 9.17) is 4.74 Å². The SMILES string of the molecule is CC(CN1CCOCC1)Nc1nnc(Cc2ccc(F)cc2)s1. The zero-order chi connectivity index (χ0) is 16.1. The highest BCUT2D eigenvalue weighted by Crippen LogP contribution is 2.19. The highest BCUT2D eigenvalue weighted by atomic mass is 32.1. The highest BCUT2D eigenvalue weighted by Gasteiger charge is 2.15. The summed E-state index contributed by atoms with van der Waals surface area (Å²) in [6.45, 7) is 6.71. The molecule has 1 aliphatic heterocycles. The first-order chi connectivity index (χ1) is 11.2. The van der Waals surface area contributed by atoms with Gasteiger partial charge in [-0.3, -0.25) is 4.90 Å². The zero-order valence-electron chi connectivity index (χ0n) is 13.2. The summed E-state index contributed by atoms with van der Waals surface area (Å²) in [5.74, 6) is -0.217. The van der Waals surface area contributed by atoms with Gasteiger partial charge in [0.2, 0.25) is 5.13 Å². The molecule has 7 heteroatoms. The van der Waals surface area contributed by atoms with Gasteiger partial charge in [0.05, 0.1) is 13.2 Å². The van der Waals surface area contributed by atoms with Crippen LogP contribution in [0.1, 0.15) is 17.5 Å². The summed E-state index contributed by atoms with van der Waals surface area (Å²) < 4.78 is 18.3. The second-order valence-electron chi connectivity index (χ2n) is 5.76. The van der Waals surface area contributed by atoms with E-state index < -0.39 is 0 Å². The van der Waals surface area contributed by atoms with Crippen molar-refractivity contribution < 1.29 is 9.13 Å². The fourth-order valence-corrected chi connectivity index (χ4v) is 3.47. The van der Waals surface area contributed by atoms with Crippen LogP contribution in [0.3, 0.4) is 0 Å². The number of nitrogens with zero attached hydrogens (tertiary/aromatic N) is 3. The molecule has 0 aliphatic carbocycles. The third-order valence-corrected chi connectivity index (χ3v) is 4.60. The Bertz CT molecular complexity index is 613. The third kappa shape index (κ3) is 4.95. The molecule has 0 radical (unpaired) electrons. The lowest BCUT2D eigenvalue weighted by Crippen LogP contribution is -2.42. The van der Waals surface area contributed by atoms with E-state index in [9.17, 15) is 4.39 Å². The number of nitrogens with one attached hydrogen (secondary N) is 1. The van der Waals surface area contributed by atoms with E-state index in [1.54, 1.807) is 23.5 Å². The van der Waals surface area contributed by atoms with Crippen molar-refractivity contribution >= 4 is 16.5 Å². The van der Waals surface area contributed by atoms with Crippen molar-refractivity contribution in [3.63, 3.8) is 0 Å². The van der Waals surface area contributed by atoms with Crippen molar-refractivity contribution in [1.29, 1.82) is 0 Å². The van der Waals surface area contributed by atoms with Gasteiger partial charge in [0, 0.05) is 32.1 Å². The van der Waals surface area contributed by atoms with Gasteiger partial charge < -0.3 is 10.1 Å². The van der Waals surface area contributed by atoms with Gasteiger partial charge >= 0.3 is 0 Å². The quantitative estimate of drug-likeness (QED) is 0.878. The molecular weight excluding hydrogens is 315 g/mol. The van der Waals surface area contributed by atoms with Gasteiger partial charge in [-0.2, -0.15) is 0 Å². The van der Waals surface area contributed by atoms with Crippen LogP contribution in [-0.2, 0) is 11.2 Å². The van der Waals surface area contributed by atoms with Crippen LogP contribution < -0.4 is 5.32 Å². The van der Waals surface area contributed by atoms with Crippen LogP contribution in [0.2, 0.25) is 0 Å². The largest absolute Gasteiger partial charge is 0.379 e. The average molecular weight is 336 g/mol. The predicted octanol–water partition coefficient (Wildman–Crippen LogP) is 2.40. The molecule has 1 aromatic heterocycles. The second-order valence-corrected chi connectivity index (χ2v) is 6.82. The Balaban J connectivity index is 1.51. The minimum atomic E-state index is -0.217. The van der Waals surface area contributed by atoms with Crippen LogP contribution >= 0.6 is 11.3 Å². The highest BCUT2D eigenvalue weighted by molar-refractivity contribution is 7.15. The maximum atomic E-state index is 12.9. The molecule has 0 bridgehead atoms. The first-order valence-corrected chi connectivity index (χ1v) is 8.64. The van der Waals surface area contributed by atoms with Gasteiger partial charge in [0.25, 0.3) is 0 Å². The Hall–Kier alpha value is -1.57. The number of aromatic nitrogens is 2. The molecule has 1 atom stereocenters. The normalized spacial score (nSPS) is 17.1. The van der Waals surface area contributed by atoms with E-state index in [-0.39, 0.29) is 5.82 Å². The van der Waals surface area contributed by atoms with Crippen LogP contribution in [0.4, 0.5) is 9.52 Å². The molecule has 1 N–H and O–H groups in total. The molecule has 3 rings (SSSR count). The van der Waals surface area contributed by atoms with Gasteiger partial charge in [-0.15, -0.1) is 10.2 Å². The summed E-state index contributed by atoms with van der Waals surface area (Å²) in [5.41, 5.74) is 1.04. The van der Waals surface area contributed by atoms with Crippen molar-refractivity contribution in [2.75, 3.05) is 38.2 Å². The summed E-state index contributed by atoms with van der Waals surface area (Å²) in [5, 5.41) is 13.6. The molecular formula is C16H21FN4OS. The average Bonchev–Trinajstić information content (AvgIpc) is 2.97. The molecule has 0 spiro atoms. The molecule has 2 heterocycles. The van der Waals surface area contributed by atoms with E-state index in [0.717, 1.165) is 48.6 Å². The molecule has 1 aromatic carbocycles. The third-order valence-electron chi connectivity index (χ3n) is 3.74. The number of anilines is 1. The summed E-state index contributed by atoms with van der Waals surface area (Å²) in [6.07, 6.45) is 0.678. The Morgan fingerprint density at radius 2 is 2.00 bits per heavy atom. The standard InChI is InChI=1S/C16H21FN4OS/c1-12(11-21-6-8-22-9-7-21)18-16-20-19-15(23-16)10-13-2-4-14(17)5-3-13/h2-5,12H,6-11H2,1H3,(H,18,20). The lowest BCUT2D eigenvalue weighted by Gasteiger charge is -2.29. The number of hydrogen-bond acceptors (Lipinski definition) is 6. The molecule has 0 amide bonds. The summed E-state index contributed by atoms with van der Waals surface area (Å²) >= 11 is 1.55. The second kappa shape index (κ2) is 7.81. The minimum Gasteiger partial charge on any atom is -0.379 e. The summed E-state index contributed by atoms with van der Waals surface area (Å²) in [6, 6.07) is 6.81. The van der Waals surface area contributed by atoms with Crippen molar-refractivity contribution in [1.82, 2.24) is 15.1 Å². The van der Waals surface area contributed by atoms with Gasteiger partial charge in [-0.1, -0.05) is 23.5 Å². The molecule has 1 saturated heterocycles. The number of hydrogen-bond donors (Lipinski definition) is 1. The van der Waals surface area contributed by atoms with Crippen LogP contribution in [-0.4, -0.2) is 54.0 Å². The van der Waals surface area contributed by atoms with Gasteiger partial charge in [-0.05, 0) is 24.6 Å². The number of benzene rings is 1. The van der Waals surface area contributed by atoms with E-state index in [2.05, 4.69) is 27.3 Å². The first-order valence-electron chi connectivity index (χ1n) is 7.82.